The second-order valence-corrected chi connectivity index (χ2v) is 5.37. The molecule has 0 aromatic carbocycles. The summed E-state index contributed by atoms with van der Waals surface area (Å²) >= 11 is 0. The molecule has 1 atom stereocenters. The van der Waals surface area contributed by atoms with Gasteiger partial charge < -0.3 is 14.0 Å². The second kappa shape index (κ2) is 4.77. The average Bonchev–Trinajstić information content (AvgIpc) is 3.10. The molecule has 0 bridgehead atoms. The van der Waals surface area contributed by atoms with Crippen LogP contribution in [-0.2, 0) is 7.05 Å². The molecule has 0 saturated carbocycles. The number of carbonyl (C=O) groups excluding carboxylic acids is 1. The van der Waals surface area contributed by atoms with Gasteiger partial charge >= 0.3 is 0 Å². The van der Waals surface area contributed by atoms with E-state index in [9.17, 15) is 4.79 Å². The fourth-order valence-corrected chi connectivity index (χ4v) is 2.97. The highest BCUT2D eigenvalue weighted by Crippen LogP contribution is 2.25. The summed E-state index contributed by atoms with van der Waals surface area (Å²) in [7, 11) is 1.85. The van der Waals surface area contributed by atoms with Gasteiger partial charge in [0.1, 0.15) is 5.82 Å². The van der Waals surface area contributed by atoms with Crippen molar-refractivity contribution in [1.29, 1.82) is 0 Å². The fourth-order valence-electron chi connectivity index (χ4n) is 2.97. The standard InChI is InChI=1S/C14H19N5O/c1-10-8-16-11(2)19(10)12-4-6-18(9-12)14(20)13-15-5-7-17(13)3/h5,7-8,12H,4,6,9H2,1-3H3. The molecule has 0 spiro atoms. The van der Waals surface area contributed by atoms with E-state index in [4.69, 9.17) is 0 Å². The van der Waals surface area contributed by atoms with Gasteiger partial charge in [-0.05, 0) is 20.3 Å². The maximum Gasteiger partial charge on any atom is 0.289 e. The molecule has 2 aromatic heterocycles. The minimum Gasteiger partial charge on any atom is -0.334 e. The first-order valence-electron chi connectivity index (χ1n) is 6.85. The Bertz CT molecular complexity index is 622. The Kier molecular flexibility index (Phi) is 3.08. The molecule has 2 aromatic rings. The lowest BCUT2D eigenvalue weighted by Gasteiger charge is -2.18. The Morgan fingerprint density at radius 1 is 1.35 bits per heavy atom. The van der Waals surface area contributed by atoms with Crippen molar-refractivity contribution in [3.05, 3.63) is 35.9 Å². The molecular weight excluding hydrogens is 254 g/mol. The summed E-state index contributed by atoms with van der Waals surface area (Å²) in [6, 6.07) is 0.321. The summed E-state index contributed by atoms with van der Waals surface area (Å²) < 4.78 is 4.00. The van der Waals surface area contributed by atoms with Crippen molar-refractivity contribution >= 4 is 5.91 Å². The summed E-state index contributed by atoms with van der Waals surface area (Å²) in [6.45, 7) is 5.57. The molecule has 20 heavy (non-hydrogen) atoms. The van der Waals surface area contributed by atoms with Crippen molar-refractivity contribution < 1.29 is 4.79 Å². The molecule has 1 saturated heterocycles. The monoisotopic (exact) mass is 273 g/mol. The Morgan fingerprint density at radius 2 is 2.15 bits per heavy atom. The van der Waals surface area contributed by atoms with Crippen molar-refractivity contribution in [2.45, 2.75) is 26.3 Å². The molecule has 6 nitrogen and oxygen atoms in total. The van der Waals surface area contributed by atoms with Crippen molar-refractivity contribution in [1.82, 2.24) is 24.0 Å². The van der Waals surface area contributed by atoms with Gasteiger partial charge in [0.15, 0.2) is 5.82 Å². The first-order chi connectivity index (χ1) is 9.58. The number of hydrogen-bond acceptors (Lipinski definition) is 3. The molecule has 1 fully saturated rings. The number of aromatic nitrogens is 4. The highest BCUT2D eigenvalue weighted by Gasteiger charge is 2.30. The number of aryl methyl sites for hydroxylation is 3. The van der Waals surface area contributed by atoms with E-state index in [2.05, 4.69) is 21.5 Å². The third-order valence-electron chi connectivity index (χ3n) is 4.00. The van der Waals surface area contributed by atoms with Crippen LogP contribution in [0.2, 0.25) is 0 Å². The summed E-state index contributed by atoms with van der Waals surface area (Å²) in [6.07, 6.45) is 6.31. The van der Waals surface area contributed by atoms with E-state index < -0.39 is 0 Å². The zero-order chi connectivity index (χ0) is 14.3. The van der Waals surface area contributed by atoms with Crippen molar-refractivity contribution in [2.24, 2.45) is 7.05 Å². The Morgan fingerprint density at radius 3 is 2.75 bits per heavy atom. The van der Waals surface area contributed by atoms with Crippen LogP contribution in [0, 0.1) is 13.8 Å². The first-order valence-corrected chi connectivity index (χ1v) is 6.85. The van der Waals surface area contributed by atoms with Crippen LogP contribution in [0.3, 0.4) is 0 Å². The Labute approximate surface area is 118 Å². The van der Waals surface area contributed by atoms with E-state index in [-0.39, 0.29) is 5.91 Å². The molecule has 0 N–H and O–H groups in total. The summed E-state index contributed by atoms with van der Waals surface area (Å²) in [5, 5.41) is 0. The highest BCUT2D eigenvalue weighted by atomic mass is 16.2. The van der Waals surface area contributed by atoms with Crippen LogP contribution in [0.4, 0.5) is 0 Å². The molecule has 0 aliphatic carbocycles. The quantitative estimate of drug-likeness (QED) is 0.829. The van der Waals surface area contributed by atoms with Gasteiger partial charge in [0, 0.05) is 44.4 Å². The third-order valence-corrected chi connectivity index (χ3v) is 4.00. The number of nitrogens with zero attached hydrogens (tertiary/aromatic N) is 5. The summed E-state index contributed by atoms with van der Waals surface area (Å²) in [5.41, 5.74) is 1.15. The molecule has 0 radical (unpaired) electrons. The van der Waals surface area contributed by atoms with Crippen molar-refractivity contribution in [3.8, 4) is 0 Å². The first kappa shape index (κ1) is 12.9. The molecule has 1 aliphatic heterocycles. The van der Waals surface area contributed by atoms with Gasteiger partial charge in [-0.15, -0.1) is 0 Å². The number of hydrogen-bond donors (Lipinski definition) is 0. The molecule has 6 heteroatoms. The van der Waals surface area contributed by atoms with Crippen LogP contribution in [0.5, 0.6) is 0 Å². The lowest BCUT2D eigenvalue weighted by molar-refractivity contribution is 0.0772. The molecule has 3 heterocycles. The zero-order valence-electron chi connectivity index (χ0n) is 12.1. The molecule has 1 aliphatic rings. The third kappa shape index (κ3) is 2.01. The van der Waals surface area contributed by atoms with E-state index in [1.807, 2.05) is 25.1 Å². The van der Waals surface area contributed by atoms with Gasteiger partial charge in [-0.25, -0.2) is 9.97 Å². The van der Waals surface area contributed by atoms with Gasteiger partial charge in [-0.3, -0.25) is 4.79 Å². The SMILES string of the molecule is Cc1cnc(C)n1C1CCN(C(=O)c2nccn2C)C1. The smallest absolute Gasteiger partial charge is 0.289 e. The predicted octanol–water partition coefficient (Wildman–Crippen LogP) is 1.32. The van der Waals surface area contributed by atoms with Crippen LogP contribution in [0.15, 0.2) is 18.6 Å². The fraction of sp³-hybridized carbons (Fsp3) is 0.500. The number of carbonyl (C=O) groups is 1. The van der Waals surface area contributed by atoms with E-state index in [1.54, 1.807) is 17.0 Å². The van der Waals surface area contributed by atoms with Crippen LogP contribution < -0.4 is 0 Å². The van der Waals surface area contributed by atoms with Crippen LogP contribution in [-0.4, -0.2) is 43.0 Å². The number of imidazole rings is 2. The lowest BCUT2D eigenvalue weighted by Crippen LogP contribution is -2.31. The maximum atomic E-state index is 12.4. The maximum absolute atomic E-state index is 12.4. The number of rotatable bonds is 2. The minimum atomic E-state index is 0.00965. The zero-order valence-corrected chi connectivity index (χ0v) is 12.1. The van der Waals surface area contributed by atoms with Gasteiger partial charge in [0.25, 0.3) is 5.91 Å². The summed E-state index contributed by atoms with van der Waals surface area (Å²) in [4.78, 5) is 22.8. The van der Waals surface area contributed by atoms with Gasteiger partial charge in [-0.1, -0.05) is 0 Å². The average molecular weight is 273 g/mol. The predicted molar refractivity (Wildman–Crippen MR) is 74.5 cm³/mol. The van der Waals surface area contributed by atoms with Gasteiger partial charge in [0.05, 0.1) is 6.04 Å². The van der Waals surface area contributed by atoms with Crippen LogP contribution in [0.1, 0.15) is 34.6 Å². The molecule has 3 rings (SSSR count). The second-order valence-electron chi connectivity index (χ2n) is 5.37. The van der Waals surface area contributed by atoms with E-state index in [1.165, 1.54) is 0 Å². The van der Waals surface area contributed by atoms with E-state index in [0.717, 1.165) is 31.0 Å². The van der Waals surface area contributed by atoms with Crippen molar-refractivity contribution in [3.63, 3.8) is 0 Å². The lowest BCUT2D eigenvalue weighted by atomic mass is 10.2. The van der Waals surface area contributed by atoms with Gasteiger partial charge in [-0.2, -0.15) is 0 Å². The highest BCUT2D eigenvalue weighted by molar-refractivity contribution is 5.91. The topological polar surface area (TPSA) is 56.0 Å². The van der Waals surface area contributed by atoms with Crippen LogP contribution in [0.25, 0.3) is 0 Å². The Balaban J connectivity index is 1.78. The van der Waals surface area contributed by atoms with Crippen LogP contribution >= 0.6 is 0 Å². The summed E-state index contributed by atoms with van der Waals surface area (Å²) in [5.74, 6) is 1.53. The molecule has 106 valence electrons. The van der Waals surface area contributed by atoms with E-state index in [0.29, 0.717) is 11.9 Å². The molecule has 1 unspecified atom stereocenters. The normalized spacial score (nSPS) is 18.8. The largest absolute Gasteiger partial charge is 0.334 e. The number of amides is 1. The van der Waals surface area contributed by atoms with E-state index >= 15 is 0 Å². The molecular formula is C14H19N5O. The Hall–Kier alpha value is -2.11. The number of likely N-dealkylation sites (tertiary alicyclic amines) is 1. The minimum absolute atomic E-state index is 0.00965. The van der Waals surface area contributed by atoms with Gasteiger partial charge in [0.2, 0.25) is 0 Å². The molecule has 1 amide bonds. The van der Waals surface area contributed by atoms with Crippen molar-refractivity contribution in [2.75, 3.05) is 13.1 Å².